The zero-order chi connectivity index (χ0) is 9.31. The molecule has 3 heteroatoms. The molecule has 1 aromatic heterocycles. The quantitative estimate of drug-likeness (QED) is 0.679. The van der Waals surface area contributed by atoms with Crippen molar-refractivity contribution in [1.29, 1.82) is 0 Å². The average molecular weight is 178 g/mol. The van der Waals surface area contributed by atoms with E-state index in [1.165, 1.54) is 0 Å². The van der Waals surface area contributed by atoms with E-state index in [0.717, 1.165) is 19.0 Å². The van der Waals surface area contributed by atoms with Gasteiger partial charge in [-0.3, -0.25) is 4.90 Å². The Hall–Kier alpha value is -1.09. The summed E-state index contributed by atoms with van der Waals surface area (Å²) >= 11 is 0. The third kappa shape index (κ3) is 1.80. The van der Waals surface area contributed by atoms with Crippen molar-refractivity contribution in [3.63, 3.8) is 0 Å². The van der Waals surface area contributed by atoms with Crippen molar-refractivity contribution in [3.05, 3.63) is 24.4 Å². The van der Waals surface area contributed by atoms with E-state index >= 15 is 0 Å². The Bertz CT molecular complexity index is 280. The number of ether oxygens (including phenoxy) is 1. The van der Waals surface area contributed by atoms with E-state index in [9.17, 15) is 0 Å². The Kier molecular flexibility index (Phi) is 1.96. The van der Waals surface area contributed by atoms with Crippen LogP contribution in [0.1, 0.15) is 6.92 Å². The van der Waals surface area contributed by atoms with Crippen LogP contribution in [-0.2, 0) is 0 Å². The summed E-state index contributed by atoms with van der Waals surface area (Å²) in [5.41, 5.74) is -0.0386. The molecule has 0 saturated carbocycles. The second-order valence-electron chi connectivity index (χ2n) is 3.89. The summed E-state index contributed by atoms with van der Waals surface area (Å²) in [5.74, 6) is 0.720. The number of hydrogen-bond acceptors (Lipinski definition) is 3. The van der Waals surface area contributed by atoms with Crippen molar-refractivity contribution in [3.8, 4) is 5.88 Å². The predicted octanol–water partition coefficient (Wildman–Crippen LogP) is 1.16. The van der Waals surface area contributed by atoms with E-state index in [1.54, 1.807) is 6.20 Å². The van der Waals surface area contributed by atoms with Crippen LogP contribution in [-0.4, -0.2) is 35.6 Å². The number of pyridine rings is 1. The molecule has 0 radical (unpaired) electrons. The molecule has 1 aliphatic heterocycles. The minimum atomic E-state index is -0.0386. The highest BCUT2D eigenvalue weighted by Gasteiger charge is 2.38. The molecule has 2 heterocycles. The number of rotatable bonds is 2. The van der Waals surface area contributed by atoms with E-state index in [0.29, 0.717) is 0 Å². The average Bonchev–Trinajstić information content (AvgIpc) is 2.03. The van der Waals surface area contributed by atoms with Gasteiger partial charge in [-0.1, -0.05) is 6.07 Å². The standard InChI is InChI=1S/C10H14N2O/c1-10(7-12(2)8-10)13-9-5-3-4-6-11-9/h3-6H,7-8H2,1-2H3. The van der Waals surface area contributed by atoms with E-state index in [2.05, 4.69) is 23.9 Å². The molecule has 0 aliphatic carbocycles. The molecule has 0 unspecified atom stereocenters. The fourth-order valence-electron chi connectivity index (χ4n) is 1.82. The summed E-state index contributed by atoms with van der Waals surface area (Å²) in [5, 5.41) is 0. The molecule has 0 N–H and O–H groups in total. The third-order valence-electron chi connectivity index (χ3n) is 2.20. The lowest BCUT2D eigenvalue weighted by Gasteiger charge is -2.45. The first kappa shape index (κ1) is 8.51. The van der Waals surface area contributed by atoms with Gasteiger partial charge in [0.1, 0.15) is 5.60 Å². The lowest BCUT2D eigenvalue weighted by atomic mass is 9.98. The van der Waals surface area contributed by atoms with Crippen LogP contribution < -0.4 is 4.74 Å². The second-order valence-corrected chi connectivity index (χ2v) is 3.89. The highest BCUT2D eigenvalue weighted by molar-refractivity contribution is 5.12. The Morgan fingerprint density at radius 3 is 2.77 bits per heavy atom. The molecule has 1 aliphatic rings. The molecule has 2 rings (SSSR count). The first-order valence-electron chi connectivity index (χ1n) is 4.47. The van der Waals surface area contributed by atoms with Crippen molar-refractivity contribution in [2.45, 2.75) is 12.5 Å². The Morgan fingerprint density at radius 1 is 1.46 bits per heavy atom. The van der Waals surface area contributed by atoms with Gasteiger partial charge in [-0.2, -0.15) is 0 Å². The highest BCUT2D eigenvalue weighted by atomic mass is 16.5. The van der Waals surface area contributed by atoms with Gasteiger partial charge in [-0.05, 0) is 20.0 Å². The first-order valence-corrected chi connectivity index (χ1v) is 4.47. The van der Waals surface area contributed by atoms with Crippen LogP contribution in [0.4, 0.5) is 0 Å². The van der Waals surface area contributed by atoms with Crippen LogP contribution in [0.3, 0.4) is 0 Å². The minimum Gasteiger partial charge on any atom is -0.469 e. The topological polar surface area (TPSA) is 25.4 Å². The number of aromatic nitrogens is 1. The van der Waals surface area contributed by atoms with Crippen LogP contribution >= 0.6 is 0 Å². The van der Waals surface area contributed by atoms with Gasteiger partial charge in [0.25, 0.3) is 0 Å². The molecule has 70 valence electrons. The summed E-state index contributed by atoms with van der Waals surface area (Å²) in [6.45, 7) is 4.06. The van der Waals surface area contributed by atoms with E-state index in [1.807, 2.05) is 18.2 Å². The number of nitrogens with zero attached hydrogens (tertiary/aromatic N) is 2. The zero-order valence-electron chi connectivity index (χ0n) is 8.03. The number of hydrogen-bond donors (Lipinski definition) is 0. The van der Waals surface area contributed by atoms with Gasteiger partial charge in [0.05, 0.1) is 0 Å². The molecule has 0 spiro atoms. The van der Waals surface area contributed by atoms with Gasteiger partial charge >= 0.3 is 0 Å². The second kappa shape index (κ2) is 3.00. The van der Waals surface area contributed by atoms with Crippen molar-refractivity contribution >= 4 is 0 Å². The monoisotopic (exact) mass is 178 g/mol. The van der Waals surface area contributed by atoms with Gasteiger partial charge in [0, 0.05) is 25.4 Å². The summed E-state index contributed by atoms with van der Waals surface area (Å²) in [6.07, 6.45) is 1.75. The van der Waals surface area contributed by atoms with Gasteiger partial charge in [-0.15, -0.1) is 0 Å². The molecule has 0 aromatic carbocycles. The molecule has 1 saturated heterocycles. The molecule has 0 amide bonds. The van der Waals surface area contributed by atoms with Crippen LogP contribution in [0.25, 0.3) is 0 Å². The van der Waals surface area contributed by atoms with Crippen molar-refractivity contribution < 1.29 is 4.74 Å². The van der Waals surface area contributed by atoms with E-state index < -0.39 is 0 Å². The zero-order valence-corrected chi connectivity index (χ0v) is 8.03. The Balaban J connectivity index is 1.99. The third-order valence-corrected chi connectivity index (χ3v) is 2.20. The van der Waals surface area contributed by atoms with Gasteiger partial charge < -0.3 is 4.74 Å². The lowest BCUT2D eigenvalue weighted by molar-refractivity contribution is -0.0523. The smallest absolute Gasteiger partial charge is 0.213 e. The first-order chi connectivity index (χ1) is 6.18. The van der Waals surface area contributed by atoms with Crippen LogP contribution in [0.15, 0.2) is 24.4 Å². The molecular weight excluding hydrogens is 164 g/mol. The maximum Gasteiger partial charge on any atom is 0.213 e. The highest BCUT2D eigenvalue weighted by Crippen LogP contribution is 2.24. The molecule has 1 fully saturated rings. The van der Waals surface area contributed by atoms with Gasteiger partial charge in [0.2, 0.25) is 5.88 Å². The number of likely N-dealkylation sites (N-methyl/N-ethyl adjacent to an activating group) is 1. The van der Waals surface area contributed by atoms with E-state index in [4.69, 9.17) is 4.74 Å². The Labute approximate surface area is 78.3 Å². The van der Waals surface area contributed by atoms with E-state index in [-0.39, 0.29) is 5.60 Å². The molecular formula is C10H14N2O. The predicted molar refractivity (Wildman–Crippen MR) is 50.8 cm³/mol. The summed E-state index contributed by atoms with van der Waals surface area (Å²) in [7, 11) is 2.09. The largest absolute Gasteiger partial charge is 0.469 e. The van der Waals surface area contributed by atoms with Crippen LogP contribution in [0, 0.1) is 0 Å². The molecule has 0 atom stereocenters. The molecule has 3 nitrogen and oxygen atoms in total. The summed E-state index contributed by atoms with van der Waals surface area (Å²) < 4.78 is 5.76. The van der Waals surface area contributed by atoms with Crippen LogP contribution in [0.5, 0.6) is 5.88 Å². The number of likely N-dealkylation sites (tertiary alicyclic amines) is 1. The maximum absolute atomic E-state index is 5.76. The lowest BCUT2D eigenvalue weighted by Crippen LogP contribution is -2.61. The SMILES string of the molecule is CN1CC(C)(Oc2ccccn2)C1. The van der Waals surface area contributed by atoms with Crippen molar-refractivity contribution in [1.82, 2.24) is 9.88 Å². The molecule has 13 heavy (non-hydrogen) atoms. The Morgan fingerprint density at radius 2 is 2.23 bits per heavy atom. The van der Waals surface area contributed by atoms with Crippen molar-refractivity contribution in [2.75, 3.05) is 20.1 Å². The van der Waals surface area contributed by atoms with Gasteiger partial charge in [-0.25, -0.2) is 4.98 Å². The molecule has 0 bridgehead atoms. The minimum absolute atomic E-state index is 0.0386. The molecule has 1 aromatic rings. The summed E-state index contributed by atoms with van der Waals surface area (Å²) in [4.78, 5) is 6.36. The normalized spacial score (nSPS) is 20.8. The fourth-order valence-corrected chi connectivity index (χ4v) is 1.82. The van der Waals surface area contributed by atoms with Crippen molar-refractivity contribution in [2.24, 2.45) is 0 Å². The maximum atomic E-state index is 5.76. The van der Waals surface area contributed by atoms with Gasteiger partial charge in [0.15, 0.2) is 0 Å². The fraction of sp³-hybridized carbons (Fsp3) is 0.500. The summed E-state index contributed by atoms with van der Waals surface area (Å²) in [6, 6.07) is 5.72. The van der Waals surface area contributed by atoms with Crippen LogP contribution in [0.2, 0.25) is 0 Å².